The first-order valence-electron chi connectivity index (χ1n) is 8.21. The molecule has 25 heavy (non-hydrogen) atoms. The minimum Gasteiger partial charge on any atom is -0.296 e. The summed E-state index contributed by atoms with van der Waals surface area (Å²) in [6, 6.07) is 13.3. The third-order valence-corrected chi connectivity index (χ3v) is 4.30. The Hall–Kier alpha value is -2.79. The topological polar surface area (TPSA) is 46.4 Å². The predicted octanol–water partition coefficient (Wildman–Crippen LogP) is 4.54. The number of rotatable bonds is 5. The maximum atomic E-state index is 13.0. The molecule has 1 heterocycles. The van der Waals surface area contributed by atoms with Gasteiger partial charge in [0.15, 0.2) is 0 Å². The van der Waals surface area contributed by atoms with Crippen LogP contribution in [0.5, 0.6) is 0 Å². The second-order valence-electron chi connectivity index (χ2n) is 5.96. The molecule has 0 aromatic heterocycles. The average Bonchev–Trinajstić information content (AvgIpc) is 2.63. The van der Waals surface area contributed by atoms with E-state index in [1.54, 1.807) is 24.3 Å². The van der Waals surface area contributed by atoms with Crippen LogP contribution in [-0.2, 0) is 0 Å². The van der Waals surface area contributed by atoms with E-state index in [0.717, 1.165) is 31.6 Å². The monoisotopic (exact) mass is 338 g/mol. The quantitative estimate of drug-likeness (QED) is 0.594. The molecule has 0 saturated carbocycles. The summed E-state index contributed by atoms with van der Waals surface area (Å²) in [5.41, 5.74) is 3.04. The van der Waals surface area contributed by atoms with Crippen molar-refractivity contribution in [1.82, 2.24) is 4.90 Å². The van der Waals surface area contributed by atoms with Crippen LogP contribution in [0.15, 0.2) is 60.7 Å². The number of halogens is 1. The number of hydrogen-bond acceptors (Lipinski definition) is 3. The minimum absolute atomic E-state index is 0.121. The molecule has 0 fully saturated rings. The van der Waals surface area contributed by atoms with Crippen molar-refractivity contribution in [3.8, 4) is 0 Å². The van der Waals surface area contributed by atoms with Gasteiger partial charge < -0.3 is 0 Å². The fourth-order valence-corrected chi connectivity index (χ4v) is 2.93. The van der Waals surface area contributed by atoms with Gasteiger partial charge >= 0.3 is 0 Å². The second-order valence-corrected chi connectivity index (χ2v) is 5.96. The zero-order valence-electron chi connectivity index (χ0n) is 13.8. The fraction of sp³-hybridized carbons (Fsp3) is 0.200. The molecular weight excluding hydrogens is 319 g/mol. The zero-order chi connectivity index (χ0) is 17.6. The SMILES string of the molecule is O=[N+]([O-])c1ccccc1/C=C/CN1CC=C(c2ccc(F)cc2)CC1. The highest BCUT2D eigenvalue weighted by atomic mass is 19.1. The number of nitrogens with zero attached hydrogens (tertiary/aromatic N) is 2. The standard InChI is InChI=1S/C20H19FN2O2/c21-19-9-7-16(8-10-19)17-11-14-22(15-12-17)13-3-5-18-4-1-2-6-20(18)23(24)25/h1-11H,12-15H2/b5-3+. The van der Waals surface area contributed by atoms with Gasteiger partial charge in [0, 0.05) is 25.7 Å². The number of nitro groups is 1. The van der Waals surface area contributed by atoms with Gasteiger partial charge in [-0.1, -0.05) is 42.5 Å². The molecule has 0 bridgehead atoms. The van der Waals surface area contributed by atoms with E-state index < -0.39 is 0 Å². The van der Waals surface area contributed by atoms with Crippen LogP contribution in [0, 0.1) is 15.9 Å². The van der Waals surface area contributed by atoms with Crippen molar-refractivity contribution in [2.45, 2.75) is 6.42 Å². The summed E-state index contributed by atoms with van der Waals surface area (Å²) in [7, 11) is 0. The first-order valence-corrected chi connectivity index (χ1v) is 8.21. The van der Waals surface area contributed by atoms with Gasteiger partial charge in [-0.15, -0.1) is 0 Å². The summed E-state index contributed by atoms with van der Waals surface area (Å²) in [5.74, 6) is -0.220. The van der Waals surface area contributed by atoms with Crippen molar-refractivity contribution in [2.75, 3.05) is 19.6 Å². The van der Waals surface area contributed by atoms with E-state index in [2.05, 4.69) is 11.0 Å². The summed E-state index contributed by atoms with van der Waals surface area (Å²) >= 11 is 0. The highest BCUT2D eigenvalue weighted by molar-refractivity contribution is 5.66. The highest BCUT2D eigenvalue weighted by Crippen LogP contribution is 2.23. The molecule has 2 aromatic carbocycles. The Bertz CT molecular complexity index is 813. The molecule has 3 rings (SSSR count). The summed E-state index contributed by atoms with van der Waals surface area (Å²) in [4.78, 5) is 12.9. The Morgan fingerprint density at radius 2 is 1.92 bits per heavy atom. The lowest BCUT2D eigenvalue weighted by Gasteiger charge is -2.25. The van der Waals surface area contributed by atoms with Crippen molar-refractivity contribution >= 4 is 17.3 Å². The number of benzene rings is 2. The Balaban J connectivity index is 1.59. The third kappa shape index (κ3) is 4.39. The predicted molar refractivity (Wildman–Crippen MR) is 97.6 cm³/mol. The largest absolute Gasteiger partial charge is 0.296 e. The summed E-state index contributed by atoms with van der Waals surface area (Å²) in [5, 5.41) is 11.0. The summed E-state index contributed by atoms with van der Waals surface area (Å²) < 4.78 is 13.0. The average molecular weight is 338 g/mol. The molecular formula is C20H19FN2O2. The molecule has 5 heteroatoms. The first kappa shape index (κ1) is 17.0. The van der Waals surface area contributed by atoms with Gasteiger partial charge in [0.2, 0.25) is 0 Å². The van der Waals surface area contributed by atoms with Crippen LogP contribution < -0.4 is 0 Å². The molecule has 0 saturated heterocycles. The van der Waals surface area contributed by atoms with Crippen LogP contribution in [-0.4, -0.2) is 29.5 Å². The molecule has 1 aliphatic rings. The van der Waals surface area contributed by atoms with Gasteiger partial charge in [0.25, 0.3) is 5.69 Å². The molecule has 0 spiro atoms. The molecule has 0 aliphatic carbocycles. The molecule has 2 aromatic rings. The number of para-hydroxylation sites is 1. The van der Waals surface area contributed by atoms with Crippen LogP contribution in [0.25, 0.3) is 11.6 Å². The van der Waals surface area contributed by atoms with Crippen LogP contribution >= 0.6 is 0 Å². The third-order valence-electron chi connectivity index (χ3n) is 4.30. The van der Waals surface area contributed by atoms with Gasteiger partial charge in [-0.25, -0.2) is 4.39 Å². The normalized spacial score (nSPS) is 15.3. The van der Waals surface area contributed by atoms with E-state index in [1.165, 1.54) is 23.8 Å². The Morgan fingerprint density at radius 1 is 1.16 bits per heavy atom. The molecule has 1 aliphatic heterocycles. The number of nitro benzene ring substituents is 1. The lowest BCUT2D eigenvalue weighted by atomic mass is 9.99. The van der Waals surface area contributed by atoms with Crippen molar-refractivity contribution in [2.24, 2.45) is 0 Å². The lowest BCUT2D eigenvalue weighted by molar-refractivity contribution is -0.385. The van der Waals surface area contributed by atoms with Crippen LogP contribution in [0.4, 0.5) is 10.1 Å². The van der Waals surface area contributed by atoms with Crippen molar-refractivity contribution in [3.63, 3.8) is 0 Å². The van der Waals surface area contributed by atoms with E-state index in [1.807, 2.05) is 18.2 Å². The van der Waals surface area contributed by atoms with Gasteiger partial charge in [-0.3, -0.25) is 15.0 Å². The second kappa shape index (κ2) is 7.85. The van der Waals surface area contributed by atoms with E-state index >= 15 is 0 Å². The van der Waals surface area contributed by atoms with E-state index in [-0.39, 0.29) is 16.4 Å². The molecule has 128 valence electrons. The highest BCUT2D eigenvalue weighted by Gasteiger charge is 2.12. The minimum atomic E-state index is -0.363. The van der Waals surface area contributed by atoms with Crippen LogP contribution in [0.2, 0.25) is 0 Å². The van der Waals surface area contributed by atoms with Crippen LogP contribution in [0.1, 0.15) is 17.5 Å². The van der Waals surface area contributed by atoms with E-state index in [0.29, 0.717) is 5.56 Å². The Labute approximate surface area is 146 Å². The zero-order valence-corrected chi connectivity index (χ0v) is 13.8. The van der Waals surface area contributed by atoms with E-state index in [4.69, 9.17) is 0 Å². The molecule has 0 radical (unpaired) electrons. The van der Waals surface area contributed by atoms with E-state index in [9.17, 15) is 14.5 Å². The molecule has 0 unspecified atom stereocenters. The van der Waals surface area contributed by atoms with Gasteiger partial charge in [-0.2, -0.15) is 0 Å². The molecule has 0 atom stereocenters. The number of hydrogen-bond donors (Lipinski definition) is 0. The Kier molecular flexibility index (Phi) is 5.36. The molecule has 0 amide bonds. The fourth-order valence-electron chi connectivity index (χ4n) is 2.93. The Morgan fingerprint density at radius 3 is 2.60 bits per heavy atom. The van der Waals surface area contributed by atoms with Gasteiger partial charge in [-0.05, 0) is 35.8 Å². The molecule has 0 N–H and O–H groups in total. The molecule has 4 nitrogen and oxygen atoms in total. The van der Waals surface area contributed by atoms with Crippen molar-refractivity contribution in [1.29, 1.82) is 0 Å². The maximum absolute atomic E-state index is 13.0. The van der Waals surface area contributed by atoms with Crippen molar-refractivity contribution < 1.29 is 9.31 Å². The lowest BCUT2D eigenvalue weighted by Crippen LogP contribution is -2.28. The van der Waals surface area contributed by atoms with Crippen molar-refractivity contribution in [3.05, 3.63) is 87.7 Å². The summed E-state index contributed by atoms with van der Waals surface area (Å²) in [6.45, 7) is 2.46. The maximum Gasteiger partial charge on any atom is 0.276 e. The summed E-state index contributed by atoms with van der Waals surface area (Å²) in [6.07, 6.45) is 6.83. The van der Waals surface area contributed by atoms with Crippen LogP contribution in [0.3, 0.4) is 0 Å². The van der Waals surface area contributed by atoms with Gasteiger partial charge in [0.1, 0.15) is 5.82 Å². The first-order chi connectivity index (χ1) is 12.1. The van der Waals surface area contributed by atoms with Gasteiger partial charge in [0.05, 0.1) is 10.5 Å². The smallest absolute Gasteiger partial charge is 0.276 e.